The Hall–Kier alpha value is -4.27. The molecular formula is C26H27N7O2. The van der Waals surface area contributed by atoms with Crippen LogP contribution in [0.25, 0.3) is 5.82 Å². The van der Waals surface area contributed by atoms with Crippen molar-refractivity contribution in [2.24, 2.45) is 0 Å². The molecule has 1 aromatic carbocycles. The van der Waals surface area contributed by atoms with Crippen LogP contribution in [-0.2, 0) is 0 Å². The van der Waals surface area contributed by atoms with E-state index in [1.807, 2.05) is 56.3 Å². The Kier molecular flexibility index (Phi) is 6.38. The second-order valence-corrected chi connectivity index (χ2v) is 8.68. The molecule has 1 aliphatic carbocycles. The average Bonchev–Trinajstić information content (AvgIpc) is 3.50. The maximum atomic E-state index is 12.6. The molecular weight excluding hydrogens is 442 g/mol. The van der Waals surface area contributed by atoms with Crippen LogP contribution < -0.4 is 15.4 Å². The number of nitrogens with zero attached hydrogens (tertiary/aromatic N) is 5. The number of nitrogens with one attached hydrogen (secondary N) is 2. The summed E-state index contributed by atoms with van der Waals surface area (Å²) in [7, 11) is 0. The molecule has 4 aromatic rings. The van der Waals surface area contributed by atoms with Crippen LogP contribution in [0.1, 0.15) is 47.4 Å². The average molecular weight is 470 g/mol. The van der Waals surface area contributed by atoms with Gasteiger partial charge < -0.3 is 15.4 Å². The van der Waals surface area contributed by atoms with Crippen LogP contribution >= 0.6 is 0 Å². The number of benzene rings is 1. The van der Waals surface area contributed by atoms with Gasteiger partial charge in [-0.25, -0.2) is 9.67 Å². The van der Waals surface area contributed by atoms with Gasteiger partial charge in [0.2, 0.25) is 5.88 Å². The lowest BCUT2D eigenvalue weighted by atomic mass is 10.2. The van der Waals surface area contributed by atoms with E-state index in [1.54, 1.807) is 23.0 Å². The number of ether oxygens (including phenoxy) is 1. The van der Waals surface area contributed by atoms with Gasteiger partial charge >= 0.3 is 0 Å². The largest absolute Gasteiger partial charge is 0.474 e. The summed E-state index contributed by atoms with van der Waals surface area (Å²) in [6.07, 6.45) is 6.32. The summed E-state index contributed by atoms with van der Waals surface area (Å²) in [5.41, 5.74) is 3.91. The summed E-state index contributed by atoms with van der Waals surface area (Å²) < 4.78 is 7.62. The molecule has 3 aromatic heterocycles. The number of carbonyl (C=O) groups excluding carboxylic acids is 1. The topological polar surface area (TPSA) is 107 Å². The molecule has 0 bridgehead atoms. The first-order valence-corrected chi connectivity index (χ1v) is 11.7. The van der Waals surface area contributed by atoms with Crippen molar-refractivity contribution in [3.8, 4) is 11.7 Å². The zero-order valence-corrected chi connectivity index (χ0v) is 19.7. The molecule has 178 valence electrons. The van der Waals surface area contributed by atoms with Crippen LogP contribution in [-0.4, -0.2) is 37.0 Å². The molecule has 0 atom stereocenters. The fourth-order valence-corrected chi connectivity index (χ4v) is 4.12. The van der Waals surface area contributed by atoms with E-state index in [0.29, 0.717) is 28.8 Å². The fraction of sp³-hybridized carbons (Fsp3) is 0.269. The second kappa shape index (κ2) is 9.92. The summed E-state index contributed by atoms with van der Waals surface area (Å²) in [4.78, 5) is 16.9. The van der Waals surface area contributed by atoms with Gasteiger partial charge in [0.15, 0.2) is 11.6 Å². The van der Waals surface area contributed by atoms with Gasteiger partial charge in [-0.3, -0.25) is 4.79 Å². The van der Waals surface area contributed by atoms with E-state index in [-0.39, 0.29) is 12.0 Å². The van der Waals surface area contributed by atoms with Crippen molar-refractivity contribution >= 4 is 23.1 Å². The highest BCUT2D eigenvalue weighted by Crippen LogP contribution is 2.23. The van der Waals surface area contributed by atoms with E-state index in [4.69, 9.17) is 4.74 Å². The second-order valence-electron chi connectivity index (χ2n) is 8.68. The van der Waals surface area contributed by atoms with Gasteiger partial charge in [-0.2, -0.15) is 5.10 Å². The minimum absolute atomic E-state index is 0.226. The summed E-state index contributed by atoms with van der Waals surface area (Å²) in [5, 5.41) is 19.0. The standard InChI is InChI=1S/C26H27N7O2/c1-17-15-18(2)33(32-17)24-13-12-23(30-31-24)28-20-8-10-21(11-9-20)29-26(34)19-7-14-25(27-16-19)35-22-5-3-4-6-22/h7-16,22H,3-6H2,1-2H3,(H,28,30)(H,29,34). The zero-order chi connectivity index (χ0) is 24.2. The Morgan fingerprint density at radius 1 is 0.971 bits per heavy atom. The van der Waals surface area contributed by atoms with Crippen molar-refractivity contribution in [1.29, 1.82) is 0 Å². The lowest BCUT2D eigenvalue weighted by molar-refractivity contribution is 0.102. The van der Waals surface area contributed by atoms with E-state index in [1.165, 1.54) is 12.8 Å². The first kappa shape index (κ1) is 22.5. The van der Waals surface area contributed by atoms with E-state index in [9.17, 15) is 4.79 Å². The summed E-state index contributed by atoms with van der Waals surface area (Å²) in [6.45, 7) is 3.92. The van der Waals surface area contributed by atoms with Gasteiger partial charge in [-0.05, 0) is 88.1 Å². The monoisotopic (exact) mass is 469 g/mol. The van der Waals surface area contributed by atoms with Crippen molar-refractivity contribution in [3.05, 3.63) is 77.7 Å². The molecule has 0 unspecified atom stereocenters. The van der Waals surface area contributed by atoms with E-state index < -0.39 is 0 Å². The van der Waals surface area contributed by atoms with Gasteiger partial charge in [0.25, 0.3) is 5.91 Å². The smallest absolute Gasteiger partial charge is 0.257 e. The molecule has 3 heterocycles. The van der Waals surface area contributed by atoms with Crippen LogP contribution in [0.5, 0.6) is 5.88 Å². The quantitative estimate of drug-likeness (QED) is 0.393. The predicted molar refractivity (Wildman–Crippen MR) is 133 cm³/mol. The van der Waals surface area contributed by atoms with Crippen LogP contribution in [0.2, 0.25) is 0 Å². The van der Waals surface area contributed by atoms with Crippen molar-refractivity contribution in [3.63, 3.8) is 0 Å². The highest BCUT2D eigenvalue weighted by atomic mass is 16.5. The number of amides is 1. The van der Waals surface area contributed by atoms with E-state index in [2.05, 4.69) is 30.9 Å². The lowest BCUT2D eigenvalue weighted by Crippen LogP contribution is -2.14. The molecule has 1 fully saturated rings. The normalized spacial score (nSPS) is 13.5. The first-order chi connectivity index (χ1) is 17.0. The van der Waals surface area contributed by atoms with Crippen LogP contribution in [0.3, 0.4) is 0 Å². The molecule has 1 saturated carbocycles. The van der Waals surface area contributed by atoms with Gasteiger partial charge in [-0.1, -0.05) is 0 Å². The molecule has 2 N–H and O–H groups in total. The molecule has 1 aliphatic rings. The SMILES string of the molecule is Cc1cc(C)n(-c2ccc(Nc3ccc(NC(=O)c4ccc(OC5CCCC5)nc4)cc3)nn2)n1. The highest BCUT2D eigenvalue weighted by molar-refractivity contribution is 6.04. The minimum atomic E-state index is -0.226. The highest BCUT2D eigenvalue weighted by Gasteiger charge is 2.17. The molecule has 0 spiro atoms. The zero-order valence-electron chi connectivity index (χ0n) is 19.7. The third-order valence-electron chi connectivity index (χ3n) is 5.88. The molecule has 0 radical (unpaired) electrons. The fourth-order valence-electron chi connectivity index (χ4n) is 4.12. The van der Waals surface area contributed by atoms with Crippen molar-refractivity contribution < 1.29 is 9.53 Å². The summed E-state index contributed by atoms with van der Waals surface area (Å²) >= 11 is 0. The first-order valence-electron chi connectivity index (χ1n) is 11.7. The number of rotatable bonds is 7. The molecule has 0 saturated heterocycles. The van der Waals surface area contributed by atoms with E-state index in [0.717, 1.165) is 29.9 Å². The number of hydrogen-bond acceptors (Lipinski definition) is 7. The predicted octanol–water partition coefficient (Wildman–Crippen LogP) is 4.99. The maximum absolute atomic E-state index is 12.6. The summed E-state index contributed by atoms with van der Waals surface area (Å²) in [5.74, 6) is 1.61. The number of aryl methyl sites for hydroxylation is 2. The molecule has 9 heteroatoms. The molecule has 1 amide bonds. The Morgan fingerprint density at radius 3 is 2.37 bits per heavy atom. The van der Waals surface area contributed by atoms with Crippen LogP contribution in [0.15, 0.2) is 60.8 Å². The van der Waals surface area contributed by atoms with Gasteiger partial charge in [0.1, 0.15) is 6.10 Å². The third kappa shape index (κ3) is 5.46. The third-order valence-corrected chi connectivity index (χ3v) is 5.88. The number of carbonyl (C=O) groups is 1. The molecule has 9 nitrogen and oxygen atoms in total. The van der Waals surface area contributed by atoms with Crippen molar-refractivity contribution in [1.82, 2.24) is 25.0 Å². The van der Waals surface area contributed by atoms with E-state index >= 15 is 0 Å². The van der Waals surface area contributed by atoms with Gasteiger partial charge in [-0.15, -0.1) is 10.2 Å². The minimum Gasteiger partial charge on any atom is -0.474 e. The summed E-state index contributed by atoms with van der Waals surface area (Å²) in [6, 6.07) is 16.6. The number of hydrogen-bond donors (Lipinski definition) is 2. The molecule has 0 aliphatic heterocycles. The Balaban J connectivity index is 1.16. The molecule has 35 heavy (non-hydrogen) atoms. The molecule has 5 rings (SSSR count). The number of anilines is 3. The van der Waals surface area contributed by atoms with Crippen LogP contribution in [0.4, 0.5) is 17.2 Å². The Labute approximate surface area is 203 Å². The van der Waals surface area contributed by atoms with Gasteiger partial charge in [0, 0.05) is 29.3 Å². The van der Waals surface area contributed by atoms with Crippen LogP contribution in [0, 0.1) is 13.8 Å². The Bertz CT molecular complexity index is 1290. The number of aromatic nitrogens is 5. The van der Waals surface area contributed by atoms with Crippen molar-refractivity contribution in [2.45, 2.75) is 45.6 Å². The Morgan fingerprint density at radius 2 is 1.74 bits per heavy atom. The maximum Gasteiger partial charge on any atom is 0.257 e. The van der Waals surface area contributed by atoms with Crippen molar-refractivity contribution in [2.75, 3.05) is 10.6 Å². The van der Waals surface area contributed by atoms with Gasteiger partial charge in [0.05, 0.1) is 11.3 Å². The lowest BCUT2D eigenvalue weighted by Gasteiger charge is -2.12. The number of pyridine rings is 1.